The summed E-state index contributed by atoms with van der Waals surface area (Å²) in [5.41, 5.74) is 2.70. The third-order valence-corrected chi connectivity index (χ3v) is 2.69. The predicted octanol–water partition coefficient (Wildman–Crippen LogP) is 1.52. The Morgan fingerprint density at radius 3 is 3.20 bits per heavy atom. The van der Waals surface area contributed by atoms with Crippen molar-refractivity contribution in [2.75, 3.05) is 19.7 Å². The van der Waals surface area contributed by atoms with Crippen molar-refractivity contribution in [3.05, 3.63) is 35.4 Å². The highest BCUT2D eigenvalue weighted by Crippen LogP contribution is 2.25. The van der Waals surface area contributed by atoms with Gasteiger partial charge >= 0.3 is 0 Å². The monoisotopic (exact) mass is 201 g/mol. The van der Waals surface area contributed by atoms with Crippen LogP contribution in [-0.2, 0) is 11.3 Å². The number of hydrogen-bond acceptors (Lipinski definition) is 2. The first kappa shape index (κ1) is 10.2. The highest BCUT2D eigenvalue weighted by Gasteiger charge is 2.19. The molecule has 1 N–H and O–H groups in total. The van der Waals surface area contributed by atoms with Crippen molar-refractivity contribution in [1.29, 1.82) is 0 Å². The largest absolute Gasteiger partial charge is 0.376 e. The Morgan fingerprint density at radius 1 is 1.47 bits per heavy atom. The van der Waals surface area contributed by atoms with Crippen LogP contribution in [0, 0.1) is 12.3 Å². The summed E-state index contributed by atoms with van der Waals surface area (Å²) in [7, 11) is 0. The van der Waals surface area contributed by atoms with Crippen LogP contribution >= 0.6 is 0 Å². The molecule has 0 saturated heterocycles. The predicted molar refractivity (Wildman–Crippen MR) is 60.5 cm³/mol. The molecule has 0 aromatic heterocycles. The van der Waals surface area contributed by atoms with Gasteiger partial charge in [-0.25, -0.2) is 0 Å². The Kier molecular flexibility index (Phi) is 3.39. The summed E-state index contributed by atoms with van der Waals surface area (Å²) in [6.45, 7) is 3.04. The highest BCUT2D eigenvalue weighted by molar-refractivity contribution is 5.31. The number of benzene rings is 1. The molecule has 1 aromatic rings. The van der Waals surface area contributed by atoms with Crippen molar-refractivity contribution in [2.45, 2.75) is 12.5 Å². The fourth-order valence-electron chi connectivity index (χ4n) is 1.95. The molecule has 1 heterocycles. The molecule has 0 radical (unpaired) electrons. The van der Waals surface area contributed by atoms with Crippen LogP contribution < -0.4 is 5.32 Å². The van der Waals surface area contributed by atoms with Crippen molar-refractivity contribution in [3.8, 4) is 12.3 Å². The van der Waals surface area contributed by atoms with E-state index in [0.29, 0.717) is 12.5 Å². The molecule has 1 aliphatic rings. The SMILES string of the molecule is C#CCNCC1COCc2ccccc21. The molecule has 0 bridgehead atoms. The molecule has 1 atom stereocenters. The standard InChI is InChI=1S/C13H15NO/c1-2-7-14-8-12-10-15-9-11-5-3-4-6-13(11)12/h1,3-6,12,14H,7-10H2. The van der Waals surface area contributed by atoms with Gasteiger partial charge in [0.15, 0.2) is 0 Å². The maximum Gasteiger partial charge on any atom is 0.0719 e. The number of nitrogens with one attached hydrogen (secondary N) is 1. The van der Waals surface area contributed by atoms with Crippen LogP contribution in [0.1, 0.15) is 17.0 Å². The van der Waals surface area contributed by atoms with Crippen LogP contribution in [-0.4, -0.2) is 19.7 Å². The third kappa shape index (κ3) is 2.38. The zero-order valence-electron chi connectivity index (χ0n) is 8.70. The van der Waals surface area contributed by atoms with Gasteiger partial charge in [0.25, 0.3) is 0 Å². The van der Waals surface area contributed by atoms with Crippen molar-refractivity contribution >= 4 is 0 Å². The normalized spacial score (nSPS) is 19.3. The van der Waals surface area contributed by atoms with E-state index in [4.69, 9.17) is 11.2 Å². The summed E-state index contributed by atoms with van der Waals surface area (Å²) in [5, 5.41) is 3.23. The van der Waals surface area contributed by atoms with Gasteiger partial charge in [0.05, 0.1) is 19.8 Å². The van der Waals surface area contributed by atoms with E-state index in [9.17, 15) is 0 Å². The molecular weight excluding hydrogens is 186 g/mol. The van der Waals surface area contributed by atoms with Gasteiger partial charge in [-0.3, -0.25) is 0 Å². The first-order chi connectivity index (χ1) is 7.42. The zero-order valence-corrected chi connectivity index (χ0v) is 8.70. The summed E-state index contributed by atoms with van der Waals surface area (Å²) in [6, 6.07) is 8.44. The van der Waals surface area contributed by atoms with Gasteiger partial charge in [0, 0.05) is 12.5 Å². The summed E-state index contributed by atoms with van der Waals surface area (Å²) in [4.78, 5) is 0. The van der Waals surface area contributed by atoms with E-state index >= 15 is 0 Å². The van der Waals surface area contributed by atoms with Crippen molar-refractivity contribution in [2.24, 2.45) is 0 Å². The Bertz CT molecular complexity index is 367. The van der Waals surface area contributed by atoms with Crippen LogP contribution in [0.2, 0.25) is 0 Å². The Hall–Kier alpha value is -1.30. The molecule has 1 aromatic carbocycles. The quantitative estimate of drug-likeness (QED) is 0.591. The average Bonchev–Trinajstić information content (AvgIpc) is 2.30. The second-order valence-electron chi connectivity index (χ2n) is 3.75. The minimum absolute atomic E-state index is 0.434. The van der Waals surface area contributed by atoms with Crippen LogP contribution in [0.3, 0.4) is 0 Å². The summed E-state index contributed by atoms with van der Waals surface area (Å²) in [6.07, 6.45) is 5.20. The molecule has 78 valence electrons. The summed E-state index contributed by atoms with van der Waals surface area (Å²) in [5.74, 6) is 3.01. The minimum Gasteiger partial charge on any atom is -0.376 e. The van der Waals surface area contributed by atoms with Gasteiger partial charge in [-0.05, 0) is 11.1 Å². The molecule has 0 amide bonds. The maximum atomic E-state index is 5.55. The topological polar surface area (TPSA) is 21.3 Å². The fourth-order valence-corrected chi connectivity index (χ4v) is 1.95. The van der Waals surface area contributed by atoms with Crippen LogP contribution in [0.15, 0.2) is 24.3 Å². The lowest BCUT2D eigenvalue weighted by atomic mass is 9.93. The van der Waals surface area contributed by atoms with Gasteiger partial charge in [0.1, 0.15) is 0 Å². The van der Waals surface area contributed by atoms with Crippen LogP contribution in [0.5, 0.6) is 0 Å². The highest BCUT2D eigenvalue weighted by atomic mass is 16.5. The first-order valence-electron chi connectivity index (χ1n) is 5.21. The Balaban J connectivity index is 2.06. The van der Waals surface area contributed by atoms with E-state index in [2.05, 4.69) is 35.5 Å². The number of terminal acetylenes is 1. The molecule has 1 unspecified atom stereocenters. The van der Waals surface area contributed by atoms with E-state index in [-0.39, 0.29) is 0 Å². The van der Waals surface area contributed by atoms with Crippen LogP contribution in [0.4, 0.5) is 0 Å². The molecule has 1 aliphatic heterocycles. The van der Waals surface area contributed by atoms with E-state index < -0.39 is 0 Å². The Labute approximate surface area is 90.6 Å². The molecule has 2 heteroatoms. The maximum absolute atomic E-state index is 5.55. The lowest BCUT2D eigenvalue weighted by molar-refractivity contribution is 0.0909. The fraction of sp³-hybridized carbons (Fsp3) is 0.385. The third-order valence-electron chi connectivity index (χ3n) is 2.69. The molecule has 0 saturated carbocycles. The smallest absolute Gasteiger partial charge is 0.0719 e. The van der Waals surface area contributed by atoms with Crippen molar-refractivity contribution in [1.82, 2.24) is 5.32 Å². The lowest BCUT2D eigenvalue weighted by Crippen LogP contribution is -2.28. The van der Waals surface area contributed by atoms with Gasteiger partial charge in [-0.1, -0.05) is 30.2 Å². The number of hydrogen-bond donors (Lipinski definition) is 1. The molecule has 0 aliphatic carbocycles. The molecular formula is C13H15NO. The molecule has 2 nitrogen and oxygen atoms in total. The van der Waals surface area contributed by atoms with Crippen molar-refractivity contribution < 1.29 is 4.74 Å². The van der Waals surface area contributed by atoms with E-state index in [1.54, 1.807) is 0 Å². The summed E-state index contributed by atoms with van der Waals surface area (Å²) >= 11 is 0. The number of ether oxygens (including phenoxy) is 1. The average molecular weight is 201 g/mol. The summed E-state index contributed by atoms with van der Waals surface area (Å²) < 4.78 is 5.55. The molecule has 2 rings (SSSR count). The minimum atomic E-state index is 0.434. The molecule has 0 fully saturated rings. The number of fused-ring (bicyclic) bond motifs is 1. The Morgan fingerprint density at radius 2 is 2.33 bits per heavy atom. The molecule has 0 spiro atoms. The van der Waals surface area contributed by atoms with Crippen LogP contribution in [0.25, 0.3) is 0 Å². The van der Waals surface area contributed by atoms with Gasteiger partial charge in [0.2, 0.25) is 0 Å². The second kappa shape index (κ2) is 4.97. The first-order valence-corrected chi connectivity index (χ1v) is 5.21. The van der Waals surface area contributed by atoms with E-state index in [0.717, 1.165) is 19.8 Å². The number of rotatable bonds is 3. The second-order valence-corrected chi connectivity index (χ2v) is 3.75. The van der Waals surface area contributed by atoms with Gasteiger partial charge in [-0.2, -0.15) is 0 Å². The lowest BCUT2D eigenvalue weighted by Gasteiger charge is -2.25. The van der Waals surface area contributed by atoms with E-state index in [1.807, 2.05) is 0 Å². The van der Waals surface area contributed by atoms with Gasteiger partial charge < -0.3 is 10.1 Å². The molecule has 15 heavy (non-hydrogen) atoms. The van der Waals surface area contributed by atoms with Crippen molar-refractivity contribution in [3.63, 3.8) is 0 Å². The van der Waals surface area contributed by atoms with Gasteiger partial charge in [-0.15, -0.1) is 6.42 Å². The zero-order chi connectivity index (χ0) is 10.5. The van der Waals surface area contributed by atoms with E-state index in [1.165, 1.54) is 11.1 Å².